The maximum Gasteiger partial charge on any atom is 0.199 e. The molecule has 0 heterocycles. The van der Waals surface area contributed by atoms with Crippen molar-refractivity contribution in [3.05, 3.63) is 57.6 Å². The number of carbonyl (C=O) groups excluding carboxylic acids is 1. The van der Waals surface area contributed by atoms with Gasteiger partial charge in [-0.05, 0) is 70.9 Å². The van der Waals surface area contributed by atoms with Crippen molar-refractivity contribution >= 4 is 5.78 Å². The molecule has 0 aliphatic heterocycles. The number of methoxy groups -OCH3 is 2. The van der Waals surface area contributed by atoms with Crippen LogP contribution in [-0.2, 0) is 23.7 Å². The predicted molar refractivity (Wildman–Crippen MR) is 148 cm³/mol. The lowest BCUT2D eigenvalue weighted by atomic mass is 9.81. The zero-order chi connectivity index (χ0) is 26.7. The highest BCUT2D eigenvalue weighted by Crippen LogP contribution is 2.40. The second-order valence-electron chi connectivity index (χ2n) is 12.4. The van der Waals surface area contributed by atoms with Crippen molar-refractivity contribution in [1.29, 1.82) is 0 Å². The Bertz CT molecular complexity index is 1070. The van der Waals surface area contributed by atoms with Gasteiger partial charge in [0.1, 0.15) is 17.6 Å². The van der Waals surface area contributed by atoms with Gasteiger partial charge in [-0.15, -0.1) is 0 Å². The van der Waals surface area contributed by atoms with Gasteiger partial charge in [0, 0.05) is 5.56 Å². The number of fused-ring (bicyclic) bond motifs is 4. The third-order valence-corrected chi connectivity index (χ3v) is 7.45. The summed E-state index contributed by atoms with van der Waals surface area (Å²) in [6.07, 6.45) is 7.23. The van der Waals surface area contributed by atoms with Crippen LogP contribution in [0.4, 0.5) is 0 Å². The molecule has 1 aliphatic rings. The smallest absolute Gasteiger partial charge is 0.199 e. The van der Waals surface area contributed by atoms with Gasteiger partial charge in [-0.2, -0.15) is 0 Å². The SMILES string of the molecule is COc1c2cc(C(C)(C)C)cc1C(=O)C(O)c1cc(C(C)(C)C)cc(c1OC)CCCCCCCC2. The number of aliphatic hydroxyl groups excluding tert-OH is 1. The molecule has 1 N–H and O–H groups in total. The van der Waals surface area contributed by atoms with E-state index in [4.69, 9.17) is 9.47 Å². The first kappa shape index (κ1) is 28.2. The predicted octanol–water partition coefficient (Wildman–Crippen LogP) is 7.65. The highest BCUT2D eigenvalue weighted by atomic mass is 16.5. The maximum atomic E-state index is 14.0. The van der Waals surface area contributed by atoms with E-state index >= 15 is 0 Å². The van der Waals surface area contributed by atoms with Crippen LogP contribution in [0.25, 0.3) is 0 Å². The largest absolute Gasteiger partial charge is 0.496 e. The quantitative estimate of drug-likeness (QED) is 0.466. The van der Waals surface area contributed by atoms with E-state index in [0.717, 1.165) is 60.8 Å². The van der Waals surface area contributed by atoms with E-state index in [1.807, 2.05) is 12.1 Å². The molecule has 198 valence electrons. The maximum absolute atomic E-state index is 14.0. The topological polar surface area (TPSA) is 55.8 Å². The molecule has 2 aromatic rings. The van der Waals surface area contributed by atoms with E-state index in [1.54, 1.807) is 14.2 Å². The first-order chi connectivity index (χ1) is 16.9. The number of aliphatic hydroxyl groups is 1. The molecular weight excluding hydrogens is 448 g/mol. The Morgan fingerprint density at radius 2 is 1.14 bits per heavy atom. The zero-order valence-corrected chi connectivity index (χ0v) is 23.7. The first-order valence-corrected chi connectivity index (χ1v) is 13.5. The van der Waals surface area contributed by atoms with E-state index in [2.05, 4.69) is 53.7 Å². The minimum absolute atomic E-state index is 0.129. The van der Waals surface area contributed by atoms with Gasteiger partial charge in [0.05, 0.1) is 19.8 Å². The van der Waals surface area contributed by atoms with Crippen LogP contribution < -0.4 is 9.47 Å². The Kier molecular flexibility index (Phi) is 8.93. The van der Waals surface area contributed by atoms with Crippen molar-refractivity contribution in [2.24, 2.45) is 0 Å². The molecule has 0 spiro atoms. The van der Waals surface area contributed by atoms with Crippen LogP contribution in [0.15, 0.2) is 24.3 Å². The van der Waals surface area contributed by atoms with Crippen molar-refractivity contribution in [3.63, 3.8) is 0 Å². The number of ether oxygens (including phenoxy) is 2. The number of ketones is 1. The van der Waals surface area contributed by atoms with Crippen molar-refractivity contribution in [1.82, 2.24) is 0 Å². The second kappa shape index (κ2) is 11.4. The van der Waals surface area contributed by atoms with E-state index < -0.39 is 6.10 Å². The van der Waals surface area contributed by atoms with Gasteiger partial charge in [0.25, 0.3) is 0 Å². The summed E-state index contributed by atoms with van der Waals surface area (Å²) in [6.45, 7) is 12.9. The lowest BCUT2D eigenvalue weighted by Gasteiger charge is -2.26. The Balaban J connectivity index is 2.26. The molecule has 36 heavy (non-hydrogen) atoms. The Labute approximate surface area is 218 Å². The summed E-state index contributed by atoms with van der Waals surface area (Å²) < 4.78 is 11.7. The Morgan fingerprint density at radius 3 is 1.61 bits per heavy atom. The van der Waals surface area contributed by atoms with Crippen LogP contribution in [0.3, 0.4) is 0 Å². The fraction of sp³-hybridized carbons (Fsp3) is 0.594. The molecule has 4 heteroatoms. The van der Waals surface area contributed by atoms with Gasteiger partial charge in [-0.3, -0.25) is 4.79 Å². The number of carbonyl (C=O) groups is 1. The number of hydrogen-bond acceptors (Lipinski definition) is 4. The lowest BCUT2D eigenvalue weighted by molar-refractivity contribution is 0.0738. The Morgan fingerprint density at radius 1 is 0.694 bits per heavy atom. The first-order valence-electron chi connectivity index (χ1n) is 13.5. The average molecular weight is 495 g/mol. The molecule has 1 atom stereocenters. The number of rotatable bonds is 2. The summed E-state index contributed by atoms with van der Waals surface area (Å²) in [5.41, 5.74) is 5.00. The van der Waals surface area contributed by atoms with Crippen molar-refractivity contribution in [3.8, 4) is 11.5 Å². The fourth-order valence-electron chi connectivity index (χ4n) is 5.14. The molecule has 2 aromatic carbocycles. The standard InChI is InChI=1S/C32H46O4/c1-31(2,3)23-17-21-15-13-11-9-10-12-14-16-22-18-24(32(4,5)6)20-26(30(22)36-8)28(34)27(33)25(19-23)29(21)35-7/h17-20,27,33H,9-16H2,1-8H3. The summed E-state index contributed by atoms with van der Waals surface area (Å²) in [7, 11) is 3.25. The molecule has 0 aromatic heterocycles. The molecule has 1 unspecified atom stereocenters. The third kappa shape index (κ3) is 6.32. The molecule has 0 saturated carbocycles. The highest BCUT2D eigenvalue weighted by Gasteiger charge is 2.31. The van der Waals surface area contributed by atoms with Gasteiger partial charge in [0.2, 0.25) is 0 Å². The van der Waals surface area contributed by atoms with Gasteiger partial charge in [-0.1, -0.05) is 79.4 Å². The molecule has 4 bridgehead atoms. The zero-order valence-electron chi connectivity index (χ0n) is 23.7. The number of aryl methyl sites for hydroxylation is 2. The minimum Gasteiger partial charge on any atom is -0.496 e. The molecule has 0 fully saturated rings. The van der Waals surface area contributed by atoms with Gasteiger partial charge in [0.15, 0.2) is 5.78 Å². The average Bonchev–Trinajstić information content (AvgIpc) is 2.81. The van der Waals surface area contributed by atoms with Crippen molar-refractivity contribution in [2.75, 3.05) is 14.2 Å². The molecule has 0 saturated heterocycles. The highest BCUT2D eigenvalue weighted by molar-refractivity contribution is 6.03. The fourth-order valence-corrected chi connectivity index (χ4v) is 5.14. The number of hydrogen-bond donors (Lipinski definition) is 1. The van der Waals surface area contributed by atoms with Gasteiger partial charge >= 0.3 is 0 Å². The van der Waals surface area contributed by atoms with E-state index in [0.29, 0.717) is 22.6 Å². The molecule has 0 radical (unpaired) electrons. The molecule has 3 rings (SSSR count). The van der Waals surface area contributed by atoms with E-state index in [-0.39, 0.29) is 16.6 Å². The summed E-state index contributed by atoms with van der Waals surface area (Å²) in [5, 5.41) is 11.6. The van der Waals surface area contributed by atoms with Crippen LogP contribution in [0, 0.1) is 0 Å². The van der Waals surface area contributed by atoms with Crippen LogP contribution >= 0.6 is 0 Å². The minimum atomic E-state index is -1.34. The number of benzene rings is 2. The molecule has 0 amide bonds. The normalized spacial score (nSPS) is 18.1. The monoisotopic (exact) mass is 494 g/mol. The summed E-state index contributed by atoms with van der Waals surface area (Å²) in [6, 6.07) is 8.25. The van der Waals surface area contributed by atoms with Crippen molar-refractivity contribution in [2.45, 2.75) is 110 Å². The van der Waals surface area contributed by atoms with E-state index in [9.17, 15) is 9.90 Å². The summed E-state index contributed by atoms with van der Waals surface area (Å²) >= 11 is 0. The van der Waals surface area contributed by atoms with Crippen LogP contribution in [0.5, 0.6) is 11.5 Å². The molecular formula is C32H46O4. The van der Waals surface area contributed by atoms with Crippen LogP contribution in [-0.4, -0.2) is 25.1 Å². The molecule has 1 aliphatic carbocycles. The number of Topliss-reactive ketones (excluding diaryl/α,β-unsaturated/α-hetero) is 1. The van der Waals surface area contributed by atoms with Crippen molar-refractivity contribution < 1.29 is 19.4 Å². The van der Waals surface area contributed by atoms with Gasteiger partial charge in [-0.25, -0.2) is 0 Å². The second-order valence-corrected chi connectivity index (χ2v) is 12.4. The third-order valence-electron chi connectivity index (χ3n) is 7.45. The van der Waals surface area contributed by atoms with Gasteiger partial charge < -0.3 is 14.6 Å². The summed E-state index contributed by atoms with van der Waals surface area (Å²) in [4.78, 5) is 14.0. The van der Waals surface area contributed by atoms with Crippen LogP contribution in [0.2, 0.25) is 0 Å². The lowest BCUT2D eigenvalue weighted by Crippen LogP contribution is -2.20. The van der Waals surface area contributed by atoms with E-state index in [1.165, 1.54) is 12.8 Å². The Hall–Kier alpha value is -2.33. The molecule has 4 nitrogen and oxygen atoms in total. The van der Waals surface area contributed by atoms with Crippen LogP contribution in [0.1, 0.15) is 124 Å². The summed E-state index contributed by atoms with van der Waals surface area (Å²) in [5.74, 6) is 0.869.